The molecule has 2 rings (SSSR count). The number of carboxylic acid groups (broad SMARTS) is 1. The largest absolute Gasteiger partial charge is 0.548 e. The second-order valence-corrected chi connectivity index (χ2v) is 5.78. The Kier molecular flexibility index (Phi) is 4.20. The summed E-state index contributed by atoms with van der Waals surface area (Å²) in [6.07, 6.45) is 1.48. The fourth-order valence-electron chi connectivity index (χ4n) is 1.67. The molecule has 0 aromatic heterocycles. The van der Waals surface area contributed by atoms with Crippen molar-refractivity contribution in [1.29, 1.82) is 0 Å². The highest BCUT2D eigenvalue weighted by molar-refractivity contribution is 8.26. The van der Waals surface area contributed by atoms with Crippen molar-refractivity contribution in [1.82, 2.24) is 4.90 Å². The van der Waals surface area contributed by atoms with Crippen molar-refractivity contribution in [2.45, 2.75) is 13.0 Å². The van der Waals surface area contributed by atoms with E-state index >= 15 is 0 Å². The number of halogens is 1. The average molecular weight is 310 g/mol. The Balaban J connectivity index is 2.30. The Bertz CT molecular complexity index is 630. The van der Waals surface area contributed by atoms with Gasteiger partial charge in [0.05, 0.1) is 16.9 Å². The molecule has 1 aromatic carbocycles. The van der Waals surface area contributed by atoms with Crippen LogP contribution >= 0.6 is 24.0 Å². The molecular formula is C13H9FNO3S2-. The van der Waals surface area contributed by atoms with E-state index in [0.29, 0.717) is 5.56 Å². The van der Waals surface area contributed by atoms with Crippen LogP contribution in [0.15, 0.2) is 29.2 Å². The summed E-state index contributed by atoms with van der Waals surface area (Å²) >= 11 is 5.98. The van der Waals surface area contributed by atoms with E-state index in [1.54, 1.807) is 6.07 Å². The number of amides is 1. The van der Waals surface area contributed by atoms with E-state index in [4.69, 9.17) is 12.2 Å². The zero-order valence-electron chi connectivity index (χ0n) is 10.3. The quantitative estimate of drug-likeness (QED) is 0.619. The molecule has 0 radical (unpaired) electrons. The van der Waals surface area contributed by atoms with Crippen LogP contribution < -0.4 is 5.11 Å². The first-order valence-electron chi connectivity index (χ1n) is 5.63. The first kappa shape index (κ1) is 14.7. The molecule has 1 heterocycles. The highest BCUT2D eigenvalue weighted by Gasteiger charge is 2.35. The van der Waals surface area contributed by atoms with Crippen molar-refractivity contribution < 1.29 is 19.1 Å². The van der Waals surface area contributed by atoms with E-state index in [1.165, 1.54) is 31.2 Å². The van der Waals surface area contributed by atoms with E-state index in [9.17, 15) is 19.1 Å². The van der Waals surface area contributed by atoms with Crippen LogP contribution in [0, 0.1) is 5.82 Å². The zero-order chi connectivity index (χ0) is 14.9. The van der Waals surface area contributed by atoms with Crippen molar-refractivity contribution >= 4 is 46.3 Å². The third-order valence-electron chi connectivity index (χ3n) is 2.70. The van der Waals surface area contributed by atoms with E-state index in [1.807, 2.05) is 0 Å². The summed E-state index contributed by atoms with van der Waals surface area (Å²) < 4.78 is 13.2. The monoisotopic (exact) mass is 310 g/mol. The van der Waals surface area contributed by atoms with E-state index < -0.39 is 23.7 Å². The molecule has 1 aliphatic heterocycles. The molecule has 4 nitrogen and oxygen atoms in total. The molecule has 1 fully saturated rings. The van der Waals surface area contributed by atoms with Gasteiger partial charge in [-0.15, -0.1) is 0 Å². The van der Waals surface area contributed by atoms with Gasteiger partial charge in [-0.2, -0.15) is 0 Å². The number of thioether (sulfide) groups is 1. The lowest BCUT2D eigenvalue weighted by Crippen LogP contribution is -2.48. The lowest BCUT2D eigenvalue weighted by molar-refractivity contribution is -0.309. The van der Waals surface area contributed by atoms with Gasteiger partial charge in [-0.1, -0.05) is 36.1 Å². The summed E-state index contributed by atoms with van der Waals surface area (Å²) in [4.78, 5) is 24.2. The maximum atomic E-state index is 13.1. The third-order valence-corrected chi connectivity index (χ3v) is 4.03. The fourth-order valence-corrected chi connectivity index (χ4v) is 3.09. The van der Waals surface area contributed by atoms with Crippen molar-refractivity contribution in [3.8, 4) is 0 Å². The van der Waals surface area contributed by atoms with Gasteiger partial charge >= 0.3 is 0 Å². The Morgan fingerprint density at radius 1 is 1.55 bits per heavy atom. The minimum atomic E-state index is -1.38. The van der Waals surface area contributed by atoms with Crippen molar-refractivity contribution in [2.75, 3.05) is 0 Å². The molecule has 1 amide bonds. The van der Waals surface area contributed by atoms with Crippen molar-refractivity contribution in [3.05, 3.63) is 40.6 Å². The molecule has 1 saturated heterocycles. The van der Waals surface area contributed by atoms with Gasteiger partial charge in [0.1, 0.15) is 10.1 Å². The van der Waals surface area contributed by atoms with Gasteiger partial charge in [-0.05, 0) is 30.7 Å². The van der Waals surface area contributed by atoms with Gasteiger partial charge in [0.25, 0.3) is 5.91 Å². The maximum Gasteiger partial charge on any atom is 0.266 e. The molecule has 7 heteroatoms. The van der Waals surface area contributed by atoms with Crippen LogP contribution in [0.5, 0.6) is 0 Å². The molecule has 0 N–H and O–H groups in total. The molecule has 0 saturated carbocycles. The van der Waals surface area contributed by atoms with Crippen molar-refractivity contribution in [3.63, 3.8) is 0 Å². The lowest BCUT2D eigenvalue weighted by Gasteiger charge is -2.23. The number of nitrogens with zero attached hydrogens (tertiary/aromatic N) is 1. The minimum Gasteiger partial charge on any atom is -0.548 e. The van der Waals surface area contributed by atoms with E-state index in [0.717, 1.165) is 16.7 Å². The Labute approximate surface area is 124 Å². The molecular weight excluding hydrogens is 301 g/mol. The van der Waals surface area contributed by atoms with Crippen LogP contribution in [0.2, 0.25) is 0 Å². The van der Waals surface area contributed by atoms with Gasteiger partial charge in [-0.3, -0.25) is 9.69 Å². The Morgan fingerprint density at radius 3 is 2.85 bits per heavy atom. The predicted molar refractivity (Wildman–Crippen MR) is 75.9 cm³/mol. The van der Waals surface area contributed by atoms with Crippen LogP contribution in [0.4, 0.5) is 4.39 Å². The molecule has 0 aliphatic carbocycles. The first-order valence-corrected chi connectivity index (χ1v) is 6.86. The summed E-state index contributed by atoms with van der Waals surface area (Å²) in [6, 6.07) is 4.58. The summed E-state index contributed by atoms with van der Waals surface area (Å²) in [6.45, 7) is 1.32. The third kappa shape index (κ3) is 2.88. The van der Waals surface area contributed by atoms with Crippen LogP contribution in [0.25, 0.3) is 6.08 Å². The summed E-state index contributed by atoms with van der Waals surface area (Å²) in [5.41, 5.74) is 0.506. The number of aliphatic carboxylic acids is 1. The summed E-state index contributed by atoms with van der Waals surface area (Å²) in [7, 11) is 0. The minimum absolute atomic E-state index is 0.148. The number of benzene rings is 1. The number of carboxylic acids is 1. The molecule has 1 aromatic rings. The first-order chi connectivity index (χ1) is 9.40. The zero-order valence-corrected chi connectivity index (χ0v) is 12.0. The number of hydrogen-bond acceptors (Lipinski definition) is 5. The predicted octanol–water partition coefficient (Wildman–Crippen LogP) is 1.17. The lowest BCUT2D eigenvalue weighted by atomic mass is 10.2. The number of carbonyl (C=O) groups excluding carboxylic acids is 2. The second-order valence-electron chi connectivity index (χ2n) is 4.10. The van der Waals surface area contributed by atoms with E-state index in [-0.39, 0.29) is 9.23 Å². The number of rotatable bonds is 3. The molecule has 0 bridgehead atoms. The van der Waals surface area contributed by atoms with Gasteiger partial charge in [0.15, 0.2) is 0 Å². The van der Waals surface area contributed by atoms with E-state index in [2.05, 4.69) is 0 Å². The number of carbonyl (C=O) groups is 2. The van der Waals surface area contributed by atoms with Gasteiger partial charge < -0.3 is 9.90 Å². The highest BCUT2D eigenvalue weighted by Crippen LogP contribution is 2.33. The Hall–Kier alpha value is -1.73. The SMILES string of the molecule is C[C@H](C(=O)[O-])N1C(=O)/C(=C\c2cccc(F)c2)SC1=S. The molecule has 20 heavy (non-hydrogen) atoms. The Morgan fingerprint density at radius 2 is 2.25 bits per heavy atom. The summed E-state index contributed by atoms with van der Waals surface area (Å²) in [5, 5.41) is 10.8. The molecule has 0 unspecified atom stereocenters. The fraction of sp³-hybridized carbons (Fsp3) is 0.154. The highest BCUT2D eigenvalue weighted by atomic mass is 32.2. The van der Waals surface area contributed by atoms with Crippen LogP contribution in [-0.4, -0.2) is 27.1 Å². The van der Waals surface area contributed by atoms with Crippen molar-refractivity contribution in [2.24, 2.45) is 0 Å². The standard InChI is InChI=1S/C13H10FNO3S2/c1-7(12(17)18)15-11(16)10(20-13(15)19)6-8-3-2-4-9(14)5-8/h2-7H,1H3,(H,17,18)/p-1/b10-6+/t7-/m1/s1. The molecule has 1 atom stereocenters. The number of hydrogen-bond donors (Lipinski definition) is 0. The molecule has 104 valence electrons. The van der Waals surface area contributed by atoms with Gasteiger partial charge in [0, 0.05) is 0 Å². The van der Waals surface area contributed by atoms with Crippen LogP contribution in [-0.2, 0) is 9.59 Å². The van der Waals surface area contributed by atoms with Crippen LogP contribution in [0.1, 0.15) is 12.5 Å². The average Bonchev–Trinajstić information content (AvgIpc) is 2.63. The normalized spacial score (nSPS) is 18.7. The second kappa shape index (κ2) is 5.72. The summed E-state index contributed by atoms with van der Waals surface area (Å²) in [5.74, 6) is -2.31. The van der Waals surface area contributed by atoms with Gasteiger partial charge in [-0.25, -0.2) is 4.39 Å². The maximum absolute atomic E-state index is 13.1. The number of thiocarbonyl (C=S) groups is 1. The molecule has 0 spiro atoms. The van der Waals surface area contributed by atoms with Gasteiger partial charge in [0.2, 0.25) is 0 Å². The smallest absolute Gasteiger partial charge is 0.266 e. The topological polar surface area (TPSA) is 60.4 Å². The molecule has 1 aliphatic rings. The van der Waals surface area contributed by atoms with Crippen LogP contribution in [0.3, 0.4) is 0 Å².